The van der Waals surface area contributed by atoms with Crippen molar-refractivity contribution < 1.29 is 9.84 Å². The number of aliphatic hydroxyl groups excluding tert-OH is 1. The molecule has 0 bridgehead atoms. The summed E-state index contributed by atoms with van der Waals surface area (Å²) < 4.78 is 5.64. The zero-order valence-electron chi connectivity index (χ0n) is 10.2. The Hall–Kier alpha value is -0.770. The molecular weight excluding hydrogens is 238 g/mol. The first-order chi connectivity index (χ1) is 8.17. The quantitative estimate of drug-likeness (QED) is 0.789. The van der Waals surface area contributed by atoms with Crippen molar-refractivity contribution in [2.45, 2.75) is 32.3 Å². The molecular formula is C13H20ClNO2. The molecule has 0 amide bonds. The first-order valence-corrected chi connectivity index (χ1v) is 6.34. The second kappa shape index (κ2) is 7.54. The van der Waals surface area contributed by atoms with Gasteiger partial charge in [-0.15, -0.1) is 0 Å². The van der Waals surface area contributed by atoms with Gasteiger partial charge in [0.1, 0.15) is 5.75 Å². The molecule has 0 radical (unpaired) electrons. The Morgan fingerprint density at radius 3 is 2.88 bits per heavy atom. The van der Waals surface area contributed by atoms with Crippen molar-refractivity contribution in [3.8, 4) is 5.75 Å². The molecule has 0 aliphatic rings. The fraction of sp³-hybridized carbons (Fsp3) is 0.538. The highest BCUT2D eigenvalue weighted by Gasteiger charge is 2.08. The van der Waals surface area contributed by atoms with Crippen LogP contribution in [0.4, 0.5) is 0 Å². The Bertz CT molecular complexity index is 344. The van der Waals surface area contributed by atoms with Crippen LogP contribution in [0.5, 0.6) is 5.75 Å². The van der Waals surface area contributed by atoms with Crippen molar-refractivity contribution >= 4 is 11.6 Å². The smallest absolute Gasteiger partial charge is 0.122 e. The Morgan fingerprint density at radius 1 is 1.47 bits per heavy atom. The monoisotopic (exact) mass is 257 g/mol. The van der Waals surface area contributed by atoms with Crippen molar-refractivity contribution in [1.29, 1.82) is 0 Å². The van der Waals surface area contributed by atoms with Crippen molar-refractivity contribution in [3.63, 3.8) is 0 Å². The van der Waals surface area contributed by atoms with Crippen LogP contribution in [0.15, 0.2) is 18.2 Å². The van der Waals surface area contributed by atoms with Gasteiger partial charge in [0.25, 0.3) is 0 Å². The van der Waals surface area contributed by atoms with Crippen molar-refractivity contribution in [1.82, 2.24) is 0 Å². The molecule has 4 heteroatoms. The van der Waals surface area contributed by atoms with Crippen LogP contribution in [0.2, 0.25) is 5.02 Å². The summed E-state index contributed by atoms with van der Waals surface area (Å²) in [5.41, 5.74) is 6.40. The van der Waals surface area contributed by atoms with Gasteiger partial charge in [-0.3, -0.25) is 0 Å². The minimum absolute atomic E-state index is 0.283. The van der Waals surface area contributed by atoms with Gasteiger partial charge >= 0.3 is 0 Å². The molecule has 0 fully saturated rings. The van der Waals surface area contributed by atoms with E-state index in [2.05, 4.69) is 6.92 Å². The highest BCUT2D eigenvalue weighted by Crippen LogP contribution is 2.24. The van der Waals surface area contributed by atoms with E-state index in [1.54, 1.807) is 0 Å². The zero-order valence-corrected chi connectivity index (χ0v) is 10.9. The average molecular weight is 258 g/mol. The van der Waals surface area contributed by atoms with Crippen LogP contribution >= 0.6 is 11.6 Å². The molecule has 3 N–H and O–H groups in total. The Labute approximate surface area is 108 Å². The number of hydrogen-bond acceptors (Lipinski definition) is 3. The maximum atomic E-state index is 9.46. The van der Waals surface area contributed by atoms with E-state index in [9.17, 15) is 5.11 Å². The number of rotatable bonds is 7. The fourth-order valence-corrected chi connectivity index (χ4v) is 1.73. The standard InChI is InChI=1S/C13H20ClNO2/c1-2-7-17-13-6-4-11(14)8-10(13)3-5-12(16)9-15/h4,6,8,12,16H,2-3,5,7,9,15H2,1H3. The lowest BCUT2D eigenvalue weighted by Crippen LogP contribution is -2.20. The second-order valence-corrected chi connectivity index (χ2v) is 4.47. The first-order valence-electron chi connectivity index (χ1n) is 5.96. The molecule has 1 aromatic rings. The van der Waals surface area contributed by atoms with E-state index in [0.717, 1.165) is 24.2 Å². The normalized spacial score (nSPS) is 12.5. The van der Waals surface area contributed by atoms with Crippen LogP contribution in [0, 0.1) is 0 Å². The summed E-state index contributed by atoms with van der Waals surface area (Å²) in [6.07, 6.45) is 1.85. The lowest BCUT2D eigenvalue weighted by molar-refractivity contribution is 0.172. The van der Waals surface area contributed by atoms with Gasteiger partial charge in [0.15, 0.2) is 0 Å². The summed E-state index contributed by atoms with van der Waals surface area (Å²) in [5.74, 6) is 0.848. The molecule has 0 heterocycles. The SMILES string of the molecule is CCCOc1ccc(Cl)cc1CCC(O)CN. The number of aryl methyl sites for hydroxylation is 1. The molecule has 0 saturated carbocycles. The Kier molecular flexibility index (Phi) is 6.34. The molecule has 1 rings (SSSR count). The molecule has 0 spiro atoms. The summed E-state index contributed by atoms with van der Waals surface area (Å²) in [5, 5.41) is 10.1. The van der Waals surface area contributed by atoms with Gasteiger partial charge < -0.3 is 15.6 Å². The van der Waals surface area contributed by atoms with Gasteiger partial charge in [-0.05, 0) is 43.0 Å². The highest BCUT2D eigenvalue weighted by atomic mass is 35.5. The van der Waals surface area contributed by atoms with Crippen LogP contribution in [-0.4, -0.2) is 24.4 Å². The number of ether oxygens (including phenoxy) is 1. The average Bonchev–Trinajstić information content (AvgIpc) is 2.34. The van der Waals surface area contributed by atoms with Crippen molar-refractivity contribution in [2.75, 3.05) is 13.2 Å². The molecule has 3 nitrogen and oxygen atoms in total. The van der Waals surface area contributed by atoms with Gasteiger partial charge in [-0.1, -0.05) is 18.5 Å². The molecule has 1 atom stereocenters. The van der Waals surface area contributed by atoms with Gasteiger partial charge in [-0.2, -0.15) is 0 Å². The number of benzene rings is 1. The predicted molar refractivity (Wildman–Crippen MR) is 70.6 cm³/mol. The summed E-state index contributed by atoms with van der Waals surface area (Å²) in [6.45, 7) is 3.04. The minimum Gasteiger partial charge on any atom is -0.493 e. The number of hydrogen-bond donors (Lipinski definition) is 2. The zero-order chi connectivity index (χ0) is 12.7. The van der Waals surface area contributed by atoms with E-state index < -0.39 is 6.10 Å². The van der Waals surface area contributed by atoms with E-state index in [-0.39, 0.29) is 6.54 Å². The summed E-state index contributed by atoms with van der Waals surface area (Å²) in [6, 6.07) is 5.58. The number of nitrogens with two attached hydrogens (primary N) is 1. The lowest BCUT2D eigenvalue weighted by Gasteiger charge is -2.13. The van der Waals surface area contributed by atoms with E-state index >= 15 is 0 Å². The van der Waals surface area contributed by atoms with Gasteiger partial charge in [0.05, 0.1) is 12.7 Å². The first kappa shape index (κ1) is 14.3. The topological polar surface area (TPSA) is 55.5 Å². The second-order valence-electron chi connectivity index (χ2n) is 4.03. The van der Waals surface area contributed by atoms with E-state index in [0.29, 0.717) is 18.1 Å². The Morgan fingerprint density at radius 2 is 2.24 bits per heavy atom. The van der Waals surface area contributed by atoms with E-state index in [1.165, 1.54) is 0 Å². The van der Waals surface area contributed by atoms with E-state index in [4.69, 9.17) is 22.1 Å². The molecule has 0 aromatic heterocycles. The number of aliphatic hydroxyl groups is 1. The molecule has 0 saturated heterocycles. The Balaban J connectivity index is 2.69. The van der Waals surface area contributed by atoms with Crippen LogP contribution in [0.3, 0.4) is 0 Å². The van der Waals surface area contributed by atoms with Crippen molar-refractivity contribution in [3.05, 3.63) is 28.8 Å². The lowest BCUT2D eigenvalue weighted by atomic mass is 10.1. The largest absolute Gasteiger partial charge is 0.493 e. The molecule has 96 valence electrons. The molecule has 1 unspecified atom stereocenters. The number of halogens is 1. The van der Waals surface area contributed by atoms with Gasteiger partial charge in [-0.25, -0.2) is 0 Å². The predicted octanol–water partition coefficient (Wildman–Crippen LogP) is 2.38. The van der Waals surface area contributed by atoms with Crippen LogP contribution in [0.25, 0.3) is 0 Å². The molecule has 0 aliphatic heterocycles. The highest BCUT2D eigenvalue weighted by molar-refractivity contribution is 6.30. The molecule has 0 aliphatic carbocycles. The maximum Gasteiger partial charge on any atom is 0.122 e. The van der Waals surface area contributed by atoms with Gasteiger partial charge in [0.2, 0.25) is 0 Å². The fourth-order valence-electron chi connectivity index (χ4n) is 1.54. The third kappa shape index (κ3) is 4.94. The summed E-state index contributed by atoms with van der Waals surface area (Å²) in [4.78, 5) is 0. The van der Waals surface area contributed by atoms with E-state index in [1.807, 2.05) is 18.2 Å². The molecule has 17 heavy (non-hydrogen) atoms. The van der Waals surface area contributed by atoms with Crippen LogP contribution < -0.4 is 10.5 Å². The third-order valence-corrected chi connectivity index (χ3v) is 2.74. The summed E-state index contributed by atoms with van der Waals surface area (Å²) >= 11 is 5.96. The van der Waals surface area contributed by atoms with Crippen LogP contribution in [0.1, 0.15) is 25.3 Å². The minimum atomic E-state index is -0.465. The summed E-state index contributed by atoms with van der Waals surface area (Å²) in [7, 11) is 0. The maximum absolute atomic E-state index is 9.46. The van der Waals surface area contributed by atoms with Crippen molar-refractivity contribution in [2.24, 2.45) is 5.73 Å². The molecule has 1 aromatic carbocycles. The van der Waals surface area contributed by atoms with Crippen LogP contribution in [-0.2, 0) is 6.42 Å². The third-order valence-electron chi connectivity index (χ3n) is 2.50. The van der Waals surface area contributed by atoms with Gasteiger partial charge in [0, 0.05) is 11.6 Å².